The zero-order valence-electron chi connectivity index (χ0n) is 11.7. The van der Waals surface area contributed by atoms with Gasteiger partial charge < -0.3 is 4.74 Å². The van der Waals surface area contributed by atoms with Crippen molar-refractivity contribution in [3.05, 3.63) is 29.8 Å². The lowest BCUT2D eigenvalue weighted by Gasteiger charge is -2.29. The van der Waals surface area contributed by atoms with Crippen LogP contribution in [0, 0.1) is 0 Å². The van der Waals surface area contributed by atoms with Crippen molar-refractivity contribution in [2.75, 3.05) is 19.5 Å². The van der Waals surface area contributed by atoms with E-state index < -0.39 is 0 Å². The highest BCUT2D eigenvalue weighted by Crippen LogP contribution is 2.16. The van der Waals surface area contributed by atoms with Gasteiger partial charge in [-0.15, -0.1) is 11.6 Å². The normalized spacial score (nSPS) is 11.2. The average molecular weight is 270 g/mol. The molecule has 0 saturated heterocycles. The van der Waals surface area contributed by atoms with Crippen LogP contribution >= 0.6 is 11.6 Å². The number of hydrogen-bond acceptors (Lipinski definition) is 2. The van der Waals surface area contributed by atoms with Crippen molar-refractivity contribution in [1.29, 1.82) is 0 Å². The third kappa shape index (κ3) is 4.51. The molecule has 0 saturated carbocycles. The predicted molar refractivity (Wildman–Crippen MR) is 78.5 cm³/mol. The molecule has 3 heteroatoms. The fourth-order valence-electron chi connectivity index (χ4n) is 2.27. The fraction of sp³-hybridized carbons (Fsp3) is 0.600. The van der Waals surface area contributed by atoms with Crippen LogP contribution in [0.2, 0.25) is 0 Å². The Morgan fingerprint density at radius 3 is 2.22 bits per heavy atom. The molecule has 0 N–H and O–H groups in total. The lowest BCUT2D eigenvalue weighted by Crippen LogP contribution is -2.35. The Balaban J connectivity index is 2.69. The van der Waals surface area contributed by atoms with Crippen LogP contribution in [0.5, 0.6) is 5.75 Å². The third-order valence-electron chi connectivity index (χ3n) is 3.38. The molecule has 0 radical (unpaired) electrons. The summed E-state index contributed by atoms with van der Waals surface area (Å²) in [6.45, 7) is 6.38. The van der Waals surface area contributed by atoms with Crippen molar-refractivity contribution in [2.24, 2.45) is 0 Å². The molecule has 0 aliphatic heterocycles. The van der Waals surface area contributed by atoms with Crippen LogP contribution in [-0.2, 0) is 6.54 Å². The summed E-state index contributed by atoms with van der Waals surface area (Å²) in [6, 6.07) is 8.90. The molecule has 1 rings (SSSR count). The highest BCUT2D eigenvalue weighted by Gasteiger charge is 2.14. The third-order valence-corrected chi connectivity index (χ3v) is 3.54. The monoisotopic (exact) mass is 269 g/mol. The number of rotatable bonds is 8. The first-order chi connectivity index (χ1) is 8.74. The van der Waals surface area contributed by atoms with Gasteiger partial charge in [-0.3, -0.25) is 4.90 Å². The molecule has 1 aromatic rings. The van der Waals surface area contributed by atoms with Crippen molar-refractivity contribution in [2.45, 2.75) is 39.3 Å². The summed E-state index contributed by atoms with van der Waals surface area (Å²) in [5.41, 5.74) is 1.31. The smallest absolute Gasteiger partial charge is 0.118 e. The molecule has 102 valence electrons. The van der Waals surface area contributed by atoms with Gasteiger partial charge in [0, 0.05) is 25.0 Å². The van der Waals surface area contributed by atoms with Crippen LogP contribution in [0.4, 0.5) is 0 Å². The number of alkyl halides is 1. The van der Waals surface area contributed by atoms with Crippen molar-refractivity contribution in [3.8, 4) is 5.75 Å². The Kier molecular flexibility index (Phi) is 7.14. The maximum Gasteiger partial charge on any atom is 0.118 e. The predicted octanol–water partition coefficient (Wildman–Crippen LogP) is 3.92. The summed E-state index contributed by atoms with van der Waals surface area (Å²) in [6.07, 6.45) is 2.34. The van der Waals surface area contributed by atoms with Crippen LogP contribution < -0.4 is 4.74 Å². The Hall–Kier alpha value is -0.730. The molecule has 0 unspecified atom stereocenters. The second-order valence-electron chi connectivity index (χ2n) is 4.48. The minimum atomic E-state index is 0.617. The molecule has 0 aromatic heterocycles. The summed E-state index contributed by atoms with van der Waals surface area (Å²) in [7, 11) is 1.69. The van der Waals surface area contributed by atoms with Gasteiger partial charge in [-0.05, 0) is 30.5 Å². The first-order valence-electron chi connectivity index (χ1n) is 6.68. The van der Waals surface area contributed by atoms with E-state index in [0.717, 1.165) is 18.8 Å². The largest absolute Gasteiger partial charge is 0.497 e. The summed E-state index contributed by atoms with van der Waals surface area (Å²) < 4.78 is 5.18. The average Bonchev–Trinajstić information content (AvgIpc) is 2.41. The van der Waals surface area contributed by atoms with E-state index in [1.165, 1.54) is 18.4 Å². The molecule has 0 spiro atoms. The Morgan fingerprint density at radius 1 is 1.17 bits per heavy atom. The van der Waals surface area contributed by atoms with E-state index in [1.54, 1.807) is 7.11 Å². The van der Waals surface area contributed by atoms with E-state index >= 15 is 0 Å². The number of methoxy groups -OCH3 is 1. The van der Waals surface area contributed by atoms with Crippen LogP contribution in [0.15, 0.2) is 24.3 Å². The lowest BCUT2D eigenvalue weighted by atomic mass is 10.1. The molecule has 0 bridgehead atoms. The Labute approximate surface area is 116 Å². The van der Waals surface area contributed by atoms with Gasteiger partial charge >= 0.3 is 0 Å². The minimum absolute atomic E-state index is 0.617. The van der Waals surface area contributed by atoms with E-state index in [-0.39, 0.29) is 0 Å². The van der Waals surface area contributed by atoms with Crippen molar-refractivity contribution < 1.29 is 4.74 Å². The summed E-state index contributed by atoms with van der Waals surface area (Å²) in [4.78, 5) is 2.47. The molecule has 18 heavy (non-hydrogen) atoms. The van der Waals surface area contributed by atoms with Crippen LogP contribution in [0.1, 0.15) is 32.3 Å². The van der Waals surface area contributed by atoms with Gasteiger partial charge in [-0.25, -0.2) is 0 Å². The van der Waals surface area contributed by atoms with E-state index in [9.17, 15) is 0 Å². The summed E-state index contributed by atoms with van der Waals surface area (Å²) in [5, 5.41) is 0. The molecule has 0 aliphatic carbocycles. The molecule has 0 amide bonds. The van der Waals surface area contributed by atoms with Gasteiger partial charge in [0.25, 0.3) is 0 Å². The van der Waals surface area contributed by atoms with Gasteiger partial charge in [0.15, 0.2) is 0 Å². The van der Waals surface area contributed by atoms with Crippen molar-refractivity contribution in [3.63, 3.8) is 0 Å². The first kappa shape index (κ1) is 15.3. The summed E-state index contributed by atoms with van der Waals surface area (Å²) >= 11 is 5.91. The highest BCUT2D eigenvalue weighted by atomic mass is 35.5. The second kappa shape index (κ2) is 8.39. The Bertz CT molecular complexity index is 322. The van der Waals surface area contributed by atoms with Crippen LogP contribution in [0.3, 0.4) is 0 Å². The fourth-order valence-corrected chi connectivity index (χ4v) is 2.49. The van der Waals surface area contributed by atoms with Gasteiger partial charge in [0.05, 0.1) is 7.11 Å². The topological polar surface area (TPSA) is 12.5 Å². The number of nitrogens with zero attached hydrogens (tertiary/aromatic N) is 1. The van der Waals surface area contributed by atoms with Gasteiger partial charge in [0.2, 0.25) is 0 Å². The molecule has 1 aromatic carbocycles. The SMILES string of the molecule is CCC(CC)N(CCCl)Cc1ccc(OC)cc1. The molecule has 0 atom stereocenters. The number of halogens is 1. The Morgan fingerprint density at radius 2 is 1.78 bits per heavy atom. The maximum absolute atomic E-state index is 5.91. The standard InChI is InChI=1S/C15H24ClNO/c1-4-14(5-2)17(11-10-16)12-13-6-8-15(18-3)9-7-13/h6-9,14H,4-5,10-12H2,1-3H3. The van der Waals surface area contributed by atoms with E-state index in [2.05, 4.69) is 30.9 Å². The number of hydrogen-bond donors (Lipinski definition) is 0. The molecule has 2 nitrogen and oxygen atoms in total. The molecular formula is C15H24ClNO. The van der Waals surface area contributed by atoms with Gasteiger partial charge in [-0.2, -0.15) is 0 Å². The molecule has 0 fully saturated rings. The zero-order chi connectivity index (χ0) is 13.4. The highest BCUT2D eigenvalue weighted by molar-refractivity contribution is 6.18. The van der Waals surface area contributed by atoms with E-state index in [0.29, 0.717) is 11.9 Å². The van der Waals surface area contributed by atoms with Crippen LogP contribution in [0.25, 0.3) is 0 Å². The lowest BCUT2D eigenvalue weighted by molar-refractivity contribution is 0.188. The number of benzene rings is 1. The molecule has 0 aliphatic rings. The van der Waals surface area contributed by atoms with Gasteiger partial charge in [0.1, 0.15) is 5.75 Å². The zero-order valence-corrected chi connectivity index (χ0v) is 12.4. The van der Waals surface area contributed by atoms with Crippen molar-refractivity contribution in [1.82, 2.24) is 4.90 Å². The second-order valence-corrected chi connectivity index (χ2v) is 4.86. The molecule has 0 heterocycles. The first-order valence-corrected chi connectivity index (χ1v) is 7.21. The maximum atomic E-state index is 5.91. The van der Waals surface area contributed by atoms with E-state index in [4.69, 9.17) is 16.3 Å². The minimum Gasteiger partial charge on any atom is -0.497 e. The molecular weight excluding hydrogens is 246 g/mol. The van der Waals surface area contributed by atoms with Crippen molar-refractivity contribution >= 4 is 11.6 Å². The summed E-state index contributed by atoms with van der Waals surface area (Å²) in [5.74, 6) is 1.59. The van der Waals surface area contributed by atoms with Gasteiger partial charge in [-0.1, -0.05) is 26.0 Å². The van der Waals surface area contributed by atoms with E-state index in [1.807, 2.05) is 12.1 Å². The van der Waals surface area contributed by atoms with Crippen LogP contribution in [-0.4, -0.2) is 30.5 Å². The quantitative estimate of drug-likeness (QED) is 0.663. The number of ether oxygens (including phenoxy) is 1.